The SMILES string of the molecule is CCNC(=O)NC(=O)COC(=O)C1(c2ccc(Cl)cc2)CC1. The summed E-state index contributed by atoms with van der Waals surface area (Å²) in [6, 6.07) is 6.39. The Morgan fingerprint density at radius 3 is 2.41 bits per heavy atom. The molecule has 118 valence electrons. The molecule has 0 aliphatic heterocycles. The van der Waals surface area contributed by atoms with Crippen molar-refractivity contribution in [2.45, 2.75) is 25.2 Å². The number of halogens is 1. The van der Waals surface area contributed by atoms with E-state index in [1.165, 1.54) is 0 Å². The predicted octanol–water partition coefficient (Wildman–Crippen LogP) is 1.76. The smallest absolute Gasteiger partial charge is 0.321 e. The monoisotopic (exact) mass is 324 g/mol. The van der Waals surface area contributed by atoms with Crippen molar-refractivity contribution in [3.8, 4) is 0 Å². The Morgan fingerprint density at radius 2 is 1.86 bits per heavy atom. The lowest BCUT2D eigenvalue weighted by atomic mass is 9.96. The highest BCUT2D eigenvalue weighted by atomic mass is 35.5. The summed E-state index contributed by atoms with van der Waals surface area (Å²) in [7, 11) is 0. The summed E-state index contributed by atoms with van der Waals surface area (Å²) in [5.74, 6) is -1.12. The van der Waals surface area contributed by atoms with Crippen LogP contribution in [0.2, 0.25) is 5.02 Å². The van der Waals surface area contributed by atoms with Crippen molar-refractivity contribution >= 4 is 29.5 Å². The number of carbonyl (C=O) groups is 3. The van der Waals surface area contributed by atoms with Gasteiger partial charge in [-0.05, 0) is 37.5 Å². The summed E-state index contributed by atoms with van der Waals surface area (Å²) in [5.41, 5.74) is 0.141. The van der Waals surface area contributed by atoms with Gasteiger partial charge in [0.15, 0.2) is 6.61 Å². The van der Waals surface area contributed by atoms with E-state index in [-0.39, 0.29) is 0 Å². The van der Waals surface area contributed by atoms with Crippen LogP contribution in [0.25, 0.3) is 0 Å². The standard InChI is InChI=1S/C15H17ClN2O4/c1-2-17-14(21)18-12(19)9-22-13(20)15(7-8-15)10-3-5-11(16)6-4-10/h3-6H,2,7-9H2,1H3,(H2,17,18,19,21). The highest BCUT2D eigenvalue weighted by Gasteiger charge is 2.52. The van der Waals surface area contributed by atoms with E-state index in [0.717, 1.165) is 5.56 Å². The Labute approximate surface area is 133 Å². The molecule has 1 saturated carbocycles. The quantitative estimate of drug-likeness (QED) is 0.808. The number of nitrogens with one attached hydrogen (secondary N) is 2. The molecule has 1 aliphatic rings. The van der Waals surface area contributed by atoms with Crippen LogP contribution in [0.3, 0.4) is 0 Å². The molecule has 2 N–H and O–H groups in total. The number of ether oxygens (including phenoxy) is 1. The third-order valence-corrected chi connectivity index (χ3v) is 3.71. The zero-order valence-electron chi connectivity index (χ0n) is 12.1. The van der Waals surface area contributed by atoms with Crippen molar-refractivity contribution in [3.05, 3.63) is 34.9 Å². The molecular formula is C15H17ClN2O4. The third kappa shape index (κ3) is 3.76. The summed E-state index contributed by atoms with van der Waals surface area (Å²) < 4.78 is 5.03. The fraction of sp³-hybridized carbons (Fsp3) is 0.400. The Kier molecular flexibility index (Phi) is 5.03. The summed E-state index contributed by atoms with van der Waals surface area (Å²) in [4.78, 5) is 34.9. The number of imide groups is 1. The molecule has 1 fully saturated rings. The van der Waals surface area contributed by atoms with Gasteiger partial charge in [0.1, 0.15) is 0 Å². The number of esters is 1. The largest absolute Gasteiger partial charge is 0.455 e. The molecule has 0 unspecified atom stereocenters. The molecule has 22 heavy (non-hydrogen) atoms. The number of amides is 3. The fourth-order valence-electron chi connectivity index (χ4n) is 2.14. The average molecular weight is 325 g/mol. The molecule has 0 bridgehead atoms. The first kappa shape index (κ1) is 16.3. The van der Waals surface area contributed by atoms with Crippen LogP contribution < -0.4 is 10.6 Å². The van der Waals surface area contributed by atoms with Crippen molar-refractivity contribution < 1.29 is 19.1 Å². The lowest BCUT2D eigenvalue weighted by Gasteiger charge is -2.14. The summed E-state index contributed by atoms with van der Waals surface area (Å²) in [6.45, 7) is 1.65. The second-order valence-corrected chi connectivity index (χ2v) is 5.51. The predicted molar refractivity (Wildman–Crippen MR) is 80.5 cm³/mol. The number of hydrogen-bond donors (Lipinski definition) is 2. The Morgan fingerprint density at radius 1 is 1.23 bits per heavy atom. The zero-order valence-corrected chi connectivity index (χ0v) is 12.9. The molecular weight excluding hydrogens is 308 g/mol. The molecule has 2 rings (SSSR count). The van der Waals surface area contributed by atoms with Gasteiger partial charge in [0.2, 0.25) is 0 Å². The first-order chi connectivity index (χ1) is 10.5. The van der Waals surface area contributed by atoms with Crippen molar-refractivity contribution in [1.29, 1.82) is 0 Å². The molecule has 1 aliphatic carbocycles. The van der Waals surface area contributed by atoms with Crippen LogP contribution in [0.1, 0.15) is 25.3 Å². The minimum atomic E-state index is -0.684. The van der Waals surface area contributed by atoms with Gasteiger partial charge in [-0.3, -0.25) is 14.9 Å². The molecule has 0 atom stereocenters. The highest BCUT2D eigenvalue weighted by molar-refractivity contribution is 6.30. The summed E-state index contributed by atoms with van der Waals surface area (Å²) in [5, 5.41) is 5.08. The molecule has 6 nitrogen and oxygen atoms in total. The topological polar surface area (TPSA) is 84.5 Å². The van der Waals surface area contributed by atoms with Crippen LogP contribution in [-0.2, 0) is 19.7 Å². The van der Waals surface area contributed by atoms with Crippen LogP contribution >= 0.6 is 11.6 Å². The first-order valence-electron chi connectivity index (χ1n) is 6.99. The van der Waals surface area contributed by atoms with Gasteiger partial charge in [-0.25, -0.2) is 4.79 Å². The minimum absolute atomic E-state index is 0.401. The fourth-order valence-corrected chi connectivity index (χ4v) is 2.27. The lowest BCUT2D eigenvalue weighted by Crippen LogP contribution is -2.41. The van der Waals surface area contributed by atoms with E-state index < -0.39 is 29.9 Å². The van der Waals surface area contributed by atoms with Gasteiger partial charge in [0.25, 0.3) is 5.91 Å². The maximum absolute atomic E-state index is 12.2. The van der Waals surface area contributed by atoms with Gasteiger partial charge in [-0.2, -0.15) is 0 Å². The Balaban J connectivity index is 1.88. The van der Waals surface area contributed by atoms with Gasteiger partial charge in [-0.15, -0.1) is 0 Å². The third-order valence-electron chi connectivity index (χ3n) is 3.46. The van der Waals surface area contributed by atoms with E-state index in [4.69, 9.17) is 16.3 Å². The Hall–Kier alpha value is -2.08. The maximum atomic E-state index is 12.2. The molecule has 0 aromatic heterocycles. The van der Waals surface area contributed by atoms with Gasteiger partial charge in [-0.1, -0.05) is 23.7 Å². The van der Waals surface area contributed by atoms with Crippen LogP contribution in [-0.4, -0.2) is 31.1 Å². The zero-order chi connectivity index (χ0) is 16.2. The number of hydrogen-bond acceptors (Lipinski definition) is 4. The molecule has 1 aromatic carbocycles. The Bertz CT molecular complexity index is 582. The minimum Gasteiger partial charge on any atom is -0.455 e. The van der Waals surface area contributed by atoms with E-state index in [1.54, 1.807) is 31.2 Å². The molecule has 3 amide bonds. The van der Waals surface area contributed by atoms with Crippen LogP contribution in [0, 0.1) is 0 Å². The molecule has 0 saturated heterocycles. The van der Waals surface area contributed by atoms with Crippen LogP contribution in [0.5, 0.6) is 0 Å². The van der Waals surface area contributed by atoms with Crippen molar-refractivity contribution in [2.24, 2.45) is 0 Å². The second kappa shape index (κ2) is 6.79. The highest BCUT2D eigenvalue weighted by Crippen LogP contribution is 2.49. The number of urea groups is 1. The van der Waals surface area contributed by atoms with Crippen molar-refractivity contribution in [2.75, 3.05) is 13.2 Å². The van der Waals surface area contributed by atoms with E-state index in [9.17, 15) is 14.4 Å². The molecule has 7 heteroatoms. The first-order valence-corrected chi connectivity index (χ1v) is 7.36. The van der Waals surface area contributed by atoms with Crippen molar-refractivity contribution in [1.82, 2.24) is 10.6 Å². The second-order valence-electron chi connectivity index (χ2n) is 5.07. The van der Waals surface area contributed by atoms with Crippen LogP contribution in [0.4, 0.5) is 4.79 Å². The van der Waals surface area contributed by atoms with Gasteiger partial charge in [0, 0.05) is 11.6 Å². The normalized spacial score (nSPS) is 14.8. The molecule has 0 heterocycles. The van der Waals surface area contributed by atoms with Crippen LogP contribution in [0.15, 0.2) is 24.3 Å². The van der Waals surface area contributed by atoms with E-state index in [0.29, 0.717) is 24.4 Å². The molecule has 1 aromatic rings. The number of benzene rings is 1. The average Bonchev–Trinajstić information content (AvgIpc) is 3.27. The van der Waals surface area contributed by atoms with Gasteiger partial charge >= 0.3 is 12.0 Å². The number of rotatable bonds is 5. The molecule has 0 radical (unpaired) electrons. The lowest BCUT2D eigenvalue weighted by molar-refractivity contribution is -0.150. The van der Waals surface area contributed by atoms with Gasteiger partial charge in [0.05, 0.1) is 5.41 Å². The maximum Gasteiger partial charge on any atom is 0.321 e. The summed E-state index contributed by atoms with van der Waals surface area (Å²) >= 11 is 5.83. The van der Waals surface area contributed by atoms with E-state index in [1.807, 2.05) is 0 Å². The van der Waals surface area contributed by atoms with Crippen molar-refractivity contribution in [3.63, 3.8) is 0 Å². The summed E-state index contributed by atoms with van der Waals surface area (Å²) in [6.07, 6.45) is 1.34. The van der Waals surface area contributed by atoms with E-state index >= 15 is 0 Å². The van der Waals surface area contributed by atoms with E-state index in [2.05, 4.69) is 10.6 Å². The van der Waals surface area contributed by atoms with Gasteiger partial charge < -0.3 is 10.1 Å². The number of carbonyl (C=O) groups excluding carboxylic acids is 3. The molecule has 0 spiro atoms.